The minimum atomic E-state index is 0.314. The molecule has 98 valence electrons. The van der Waals surface area contributed by atoms with E-state index in [1.54, 1.807) is 12.5 Å². The molecule has 1 aromatic carbocycles. The molecule has 0 atom stereocenters. The van der Waals surface area contributed by atoms with Crippen molar-refractivity contribution in [3.8, 4) is 5.82 Å². The molecule has 0 amide bonds. The summed E-state index contributed by atoms with van der Waals surface area (Å²) in [4.78, 5) is 13.0. The fourth-order valence-electron chi connectivity index (χ4n) is 2.20. The average Bonchev–Trinajstić information content (AvgIpc) is 3.12. The van der Waals surface area contributed by atoms with Crippen molar-refractivity contribution >= 4 is 28.0 Å². The number of nitrogens with two attached hydrogens (primary N) is 1. The van der Waals surface area contributed by atoms with Gasteiger partial charge in [0.1, 0.15) is 6.33 Å². The molecule has 0 bridgehead atoms. The van der Waals surface area contributed by atoms with Gasteiger partial charge in [-0.3, -0.25) is 15.1 Å². The molecule has 0 unspecified atom stereocenters. The van der Waals surface area contributed by atoms with Gasteiger partial charge in [-0.05, 0) is 12.1 Å². The van der Waals surface area contributed by atoms with Crippen molar-refractivity contribution in [1.29, 1.82) is 0 Å². The molecule has 0 saturated heterocycles. The summed E-state index contributed by atoms with van der Waals surface area (Å²) in [6, 6.07) is 7.82. The maximum atomic E-state index is 5.41. The van der Waals surface area contributed by atoms with E-state index < -0.39 is 0 Å². The molecule has 3 heterocycles. The second-order valence-corrected chi connectivity index (χ2v) is 4.25. The first-order valence-corrected chi connectivity index (χ1v) is 5.97. The molecule has 8 heteroatoms. The number of benzene rings is 1. The zero-order chi connectivity index (χ0) is 13.5. The summed E-state index contributed by atoms with van der Waals surface area (Å²) in [5.41, 5.74) is 4.92. The number of nitrogens with one attached hydrogen (secondary N) is 2. The van der Waals surface area contributed by atoms with Gasteiger partial charge in [-0.1, -0.05) is 12.1 Å². The Bertz CT molecular complexity index is 906. The molecule has 0 aliphatic rings. The number of aromatic amines is 1. The maximum absolute atomic E-state index is 5.41. The van der Waals surface area contributed by atoms with Crippen molar-refractivity contribution in [2.24, 2.45) is 5.84 Å². The van der Waals surface area contributed by atoms with Gasteiger partial charge in [-0.15, -0.1) is 0 Å². The number of H-pyrrole nitrogens is 1. The minimum absolute atomic E-state index is 0.314. The van der Waals surface area contributed by atoms with Gasteiger partial charge in [0.05, 0.1) is 22.6 Å². The summed E-state index contributed by atoms with van der Waals surface area (Å²) in [6.45, 7) is 0. The van der Waals surface area contributed by atoms with Gasteiger partial charge in [0.25, 0.3) is 0 Å². The number of para-hydroxylation sites is 2. The number of imidazole rings is 1. The molecule has 0 aliphatic heterocycles. The first-order valence-electron chi connectivity index (χ1n) is 5.97. The Kier molecular flexibility index (Phi) is 2.18. The van der Waals surface area contributed by atoms with Crippen molar-refractivity contribution in [3.05, 3.63) is 36.8 Å². The van der Waals surface area contributed by atoms with Gasteiger partial charge in [-0.2, -0.15) is 15.1 Å². The number of nitrogens with zero attached hydrogens (tertiary/aromatic N) is 5. The van der Waals surface area contributed by atoms with E-state index in [1.165, 1.54) is 0 Å². The number of rotatable bonds is 2. The Balaban J connectivity index is 2.08. The largest absolute Gasteiger partial charge is 0.292 e. The zero-order valence-corrected chi connectivity index (χ0v) is 10.3. The van der Waals surface area contributed by atoms with Gasteiger partial charge in [0.15, 0.2) is 11.5 Å². The number of hydrogen-bond acceptors (Lipinski definition) is 6. The van der Waals surface area contributed by atoms with Crippen LogP contribution >= 0.6 is 0 Å². The molecule has 3 aromatic heterocycles. The third-order valence-corrected chi connectivity index (χ3v) is 3.10. The molecule has 0 radical (unpaired) electrons. The fourth-order valence-corrected chi connectivity index (χ4v) is 2.20. The third kappa shape index (κ3) is 1.45. The lowest BCUT2D eigenvalue weighted by atomic mass is 10.3. The topological polar surface area (TPSA) is 110 Å². The van der Waals surface area contributed by atoms with Crippen LogP contribution < -0.4 is 11.3 Å². The fraction of sp³-hybridized carbons (Fsp3) is 0. The summed E-state index contributed by atoms with van der Waals surface area (Å²) in [5, 5.41) is 7.61. The second kappa shape index (κ2) is 4.00. The average molecular weight is 266 g/mol. The van der Waals surface area contributed by atoms with E-state index in [4.69, 9.17) is 5.84 Å². The van der Waals surface area contributed by atoms with Crippen LogP contribution in [0.2, 0.25) is 0 Å². The smallest absolute Gasteiger partial charge is 0.241 e. The lowest BCUT2D eigenvalue weighted by Crippen LogP contribution is -2.12. The first kappa shape index (κ1) is 10.9. The SMILES string of the molecule is NNc1nc(-n2cnc3ccccc32)c2cn[nH]c2n1. The van der Waals surface area contributed by atoms with Crippen LogP contribution in [0.15, 0.2) is 36.8 Å². The predicted octanol–water partition coefficient (Wildman–Crippen LogP) is 0.977. The highest BCUT2D eigenvalue weighted by Gasteiger charge is 2.13. The van der Waals surface area contributed by atoms with Crippen LogP contribution in [0.4, 0.5) is 5.95 Å². The summed E-state index contributed by atoms with van der Waals surface area (Å²) in [7, 11) is 0. The minimum Gasteiger partial charge on any atom is -0.292 e. The van der Waals surface area contributed by atoms with Gasteiger partial charge in [0.2, 0.25) is 5.95 Å². The van der Waals surface area contributed by atoms with Gasteiger partial charge in [0, 0.05) is 0 Å². The Hall–Kier alpha value is -3.00. The van der Waals surface area contributed by atoms with Gasteiger partial charge < -0.3 is 0 Å². The monoisotopic (exact) mass is 266 g/mol. The second-order valence-electron chi connectivity index (χ2n) is 4.25. The summed E-state index contributed by atoms with van der Waals surface area (Å²) in [6.07, 6.45) is 3.40. The van der Waals surface area contributed by atoms with Gasteiger partial charge in [-0.25, -0.2) is 10.8 Å². The predicted molar refractivity (Wildman–Crippen MR) is 74.1 cm³/mol. The van der Waals surface area contributed by atoms with Crippen LogP contribution in [0.5, 0.6) is 0 Å². The van der Waals surface area contributed by atoms with Crippen molar-refractivity contribution in [2.75, 3.05) is 5.43 Å². The lowest BCUT2D eigenvalue weighted by molar-refractivity contribution is 1.01. The Labute approximate surface area is 112 Å². The van der Waals surface area contributed by atoms with Gasteiger partial charge >= 0.3 is 0 Å². The van der Waals surface area contributed by atoms with Crippen molar-refractivity contribution in [3.63, 3.8) is 0 Å². The third-order valence-electron chi connectivity index (χ3n) is 3.10. The number of aromatic nitrogens is 6. The van der Waals surface area contributed by atoms with E-state index in [-0.39, 0.29) is 0 Å². The number of hydrazine groups is 1. The van der Waals surface area contributed by atoms with Crippen LogP contribution in [-0.2, 0) is 0 Å². The van der Waals surface area contributed by atoms with E-state index in [0.717, 1.165) is 16.4 Å². The Morgan fingerprint density at radius 2 is 2.10 bits per heavy atom. The van der Waals surface area contributed by atoms with E-state index in [9.17, 15) is 0 Å². The number of fused-ring (bicyclic) bond motifs is 2. The van der Waals surface area contributed by atoms with Crippen LogP contribution in [0.1, 0.15) is 0 Å². The van der Waals surface area contributed by atoms with E-state index in [1.807, 2.05) is 28.8 Å². The summed E-state index contributed by atoms with van der Waals surface area (Å²) < 4.78 is 1.88. The molecular weight excluding hydrogens is 256 g/mol. The molecule has 4 rings (SSSR count). The Morgan fingerprint density at radius 3 is 3.00 bits per heavy atom. The number of nitrogen functional groups attached to an aromatic ring is 1. The van der Waals surface area contributed by atoms with E-state index >= 15 is 0 Å². The first-order chi connectivity index (χ1) is 9.86. The van der Waals surface area contributed by atoms with Crippen LogP contribution in [0.3, 0.4) is 0 Å². The highest BCUT2D eigenvalue weighted by atomic mass is 15.3. The van der Waals surface area contributed by atoms with Crippen molar-refractivity contribution < 1.29 is 0 Å². The summed E-state index contributed by atoms with van der Waals surface area (Å²) in [5.74, 6) is 6.40. The van der Waals surface area contributed by atoms with Crippen molar-refractivity contribution in [1.82, 2.24) is 29.7 Å². The maximum Gasteiger partial charge on any atom is 0.241 e. The van der Waals surface area contributed by atoms with E-state index in [0.29, 0.717) is 17.4 Å². The number of hydrogen-bond donors (Lipinski definition) is 3. The summed E-state index contributed by atoms with van der Waals surface area (Å²) >= 11 is 0. The highest BCUT2D eigenvalue weighted by molar-refractivity contribution is 5.86. The molecule has 0 aliphatic carbocycles. The molecule has 4 N–H and O–H groups in total. The Morgan fingerprint density at radius 1 is 1.20 bits per heavy atom. The molecular formula is C12H10N8. The van der Waals surface area contributed by atoms with Crippen molar-refractivity contribution in [2.45, 2.75) is 0 Å². The highest BCUT2D eigenvalue weighted by Crippen LogP contribution is 2.23. The molecule has 4 aromatic rings. The number of anilines is 1. The molecule has 0 fully saturated rings. The van der Waals surface area contributed by atoms with Crippen LogP contribution in [-0.4, -0.2) is 29.7 Å². The van der Waals surface area contributed by atoms with Crippen LogP contribution in [0, 0.1) is 0 Å². The molecule has 0 saturated carbocycles. The molecule has 20 heavy (non-hydrogen) atoms. The van der Waals surface area contributed by atoms with E-state index in [2.05, 4.69) is 30.6 Å². The lowest BCUT2D eigenvalue weighted by Gasteiger charge is -2.06. The van der Waals surface area contributed by atoms with Crippen LogP contribution in [0.25, 0.3) is 27.9 Å². The molecule has 0 spiro atoms. The zero-order valence-electron chi connectivity index (χ0n) is 10.3. The quantitative estimate of drug-likeness (QED) is 0.368. The normalized spacial score (nSPS) is 11.2. The molecule has 8 nitrogen and oxygen atoms in total. The standard InChI is InChI=1S/C12H10N8/c13-18-12-16-10-7(5-15-19-10)11(17-12)20-6-14-8-3-1-2-4-9(8)20/h1-6H,13H2,(H2,15,16,17,18,19).